The van der Waals surface area contributed by atoms with Gasteiger partial charge in [-0.1, -0.05) is 24.3 Å². The molecule has 0 saturated heterocycles. The number of aryl methyl sites for hydroxylation is 1. The summed E-state index contributed by atoms with van der Waals surface area (Å²) in [7, 11) is 0. The number of nitrogens with one attached hydrogen (secondary N) is 1. The van der Waals surface area contributed by atoms with Gasteiger partial charge in [0.1, 0.15) is 17.3 Å². The van der Waals surface area contributed by atoms with Gasteiger partial charge in [-0.2, -0.15) is 5.10 Å². The molecule has 1 amide bonds. The maximum atomic E-state index is 13.2. The molecule has 30 heavy (non-hydrogen) atoms. The van der Waals surface area contributed by atoms with Crippen molar-refractivity contribution in [1.29, 1.82) is 0 Å². The Bertz CT molecular complexity index is 1060. The maximum absolute atomic E-state index is 13.2. The van der Waals surface area contributed by atoms with Crippen molar-refractivity contribution in [3.8, 4) is 11.5 Å². The van der Waals surface area contributed by atoms with Gasteiger partial charge in [0.2, 0.25) is 0 Å². The van der Waals surface area contributed by atoms with Crippen molar-refractivity contribution in [3.05, 3.63) is 95.3 Å². The molecule has 0 heterocycles. The Hall–Kier alpha value is -4.00. The van der Waals surface area contributed by atoms with E-state index in [1.807, 2.05) is 25.1 Å². The first kappa shape index (κ1) is 20.7. The molecule has 0 aliphatic heterocycles. The van der Waals surface area contributed by atoms with E-state index in [4.69, 9.17) is 9.47 Å². The van der Waals surface area contributed by atoms with Crippen LogP contribution in [0.15, 0.2) is 77.9 Å². The molecule has 3 aromatic rings. The van der Waals surface area contributed by atoms with Crippen LogP contribution >= 0.6 is 0 Å². The van der Waals surface area contributed by atoms with E-state index >= 15 is 0 Å². The van der Waals surface area contributed by atoms with Crippen molar-refractivity contribution < 1.29 is 23.5 Å². The Balaban J connectivity index is 1.48. The molecule has 7 heteroatoms. The van der Waals surface area contributed by atoms with Crippen LogP contribution in [0, 0.1) is 12.7 Å². The molecule has 3 aromatic carbocycles. The van der Waals surface area contributed by atoms with Crippen LogP contribution in [0.5, 0.6) is 11.5 Å². The summed E-state index contributed by atoms with van der Waals surface area (Å²) in [6.07, 6.45) is 1.45. The van der Waals surface area contributed by atoms with Crippen LogP contribution in [0.2, 0.25) is 0 Å². The number of halogens is 1. The smallest absolute Gasteiger partial charge is 0.343 e. The third-order valence-corrected chi connectivity index (χ3v) is 4.01. The molecule has 0 aromatic heterocycles. The number of hydrazone groups is 1. The standard InChI is InChI=1S/C23H19FN2O4/c1-16-5-2-3-8-21(16)29-15-22(27)26-25-14-17-9-11-20(12-10-17)30-23(28)18-6-4-7-19(24)13-18/h2-14H,15H2,1H3,(H,26,27). The first-order chi connectivity index (χ1) is 14.5. The average molecular weight is 406 g/mol. The summed E-state index contributed by atoms with van der Waals surface area (Å²) >= 11 is 0. The van der Waals surface area contributed by atoms with E-state index < -0.39 is 17.7 Å². The second-order valence-electron chi connectivity index (χ2n) is 6.32. The topological polar surface area (TPSA) is 77.0 Å². The highest BCUT2D eigenvalue weighted by Gasteiger charge is 2.09. The summed E-state index contributed by atoms with van der Waals surface area (Å²) in [5, 5.41) is 3.87. The summed E-state index contributed by atoms with van der Waals surface area (Å²) in [4.78, 5) is 23.8. The number of ether oxygens (including phenoxy) is 2. The van der Waals surface area contributed by atoms with Gasteiger partial charge in [0.15, 0.2) is 6.61 Å². The van der Waals surface area contributed by atoms with Gasteiger partial charge < -0.3 is 9.47 Å². The number of amides is 1. The lowest BCUT2D eigenvalue weighted by Crippen LogP contribution is -2.24. The van der Waals surface area contributed by atoms with Gasteiger partial charge in [-0.15, -0.1) is 0 Å². The number of benzene rings is 3. The lowest BCUT2D eigenvalue weighted by molar-refractivity contribution is -0.123. The predicted octanol–water partition coefficient (Wildman–Crippen LogP) is 3.88. The lowest BCUT2D eigenvalue weighted by Gasteiger charge is -2.07. The van der Waals surface area contributed by atoms with Crippen molar-refractivity contribution >= 4 is 18.1 Å². The minimum absolute atomic E-state index is 0.122. The Morgan fingerprint density at radius 3 is 2.53 bits per heavy atom. The first-order valence-electron chi connectivity index (χ1n) is 9.09. The highest BCUT2D eigenvalue weighted by atomic mass is 19.1. The molecule has 0 aliphatic carbocycles. The number of hydrogen-bond donors (Lipinski definition) is 1. The van der Waals surface area contributed by atoms with Crippen LogP contribution in [-0.4, -0.2) is 24.7 Å². The summed E-state index contributed by atoms with van der Waals surface area (Å²) in [5.74, 6) is -0.619. The monoisotopic (exact) mass is 406 g/mol. The van der Waals surface area contributed by atoms with Gasteiger partial charge in [0.05, 0.1) is 11.8 Å². The van der Waals surface area contributed by atoms with Gasteiger partial charge in [0, 0.05) is 0 Å². The van der Waals surface area contributed by atoms with Crippen molar-refractivity contribution in [2.24, 2.45) is 5.10 Å². The zero-order chi connectivity index (χ0) is 21.3. The molecular weight excluding hydrogens is 387 g/mol. The molecule has 0 saturated carbocycles. The molecular formula is C23H19FN2O4. The second kappa shape index (κ2) is 9.97. The summed E-state index contributed by atoms with van der Waals surface area (Å²) in [6, 6.07) is 19.1. The van der Waals surface area contributed by atoms with Crippen molar-refractivity contribution in [2.75, 3.05) is 6.61 Å². The minimum Gasteiger partial charge on any atom is -0.483 e. The molecule has 0 unspecified atom stereocenters. The van der Waals surface area contributed by atoms with E-state index in [0.29, 0.717) is 17.1 Å². The Morgan fingerprint density at radius 2 is 1.80 bits per heavy atom. The van der Waals surface area contributed by atoms with Gasteiger partial charge in [-0.05, 0) is 66.6 Å². The number of hydrogen-bond acceptors (Lipinski definition) is 5. The van der Waals surface area contributed by atoms with E-state index in [1.165, 1.54) is 24.4 Å². The highest BCUT2D eigenvalue weighted by molar-refractivity contribution is 5.91. The number of para-hydroxylation sites is 1. The number of nitrogens with zero attached hydrogens (tertiary/aromatic N) is 1. The molecule has 6 nitrogen and oxygen atoms in total. The van der Waals surface area contributed by atoms with Crippen LogP contribution < -0.4 is 14.9 Å². The largest absolute Gasteiger partial charge is 0.483 e. The third-order valence-electron chi connectivity index (χ3n) is 4.01. The number of esters is 1. The van der Waals surface area contributed by atoms with Crippen molar-refractivity contribution in [2.45, 2.75) is 6.92 Å². The SMILES string of the molecule is Cc1ccccc1OCC(=O)NN=Cc1ccc(OC(=O)c2cccc(F)c2)cc1. The Kier molecular flexibility index (Phi) is 6.89. The molecule has 152 valence electrons. The van der Waals surface area contributed by atoms with Crippen LogP contribution in [0.4, 0.5) is 4.39 Å². The zero-order valence-electron chi connectivity index (χ0n) is 16.2. The fraction of sp³-hybridized carbons (Fsp3) is 0.0870. The van der Waals surface area contributed by atoms with Gasteiger partial charge in [-0.25, -0.2) is 14.6 Å². The van der Waals surface area contributed by atoms with E-state index in [-0.39, 0.29) is 12.2 Å². The molecule has 0 bridgehead atoms. The first-order valence-corrected chi connectivity index (χ1v) is 9.09. The highest BCUT2D eigenvalue weighted by Crippen LogP contribution is 2.16. The number of carbonyl (C=O) groups is 2. The summed E-state index contributed by atoms with van der Waals surface area (Å²) in [6.45, 7) is 1.74. The van der Waals surface area contributed by atoms with E-state index in [9.17, 15) is 14.0 Å². The fourth-order valence-electron chi connectivity index (χ4n) is 2.48. The van der Waals surface area contributed by atoms with E-state index in [0.717, 1.165) is 11.6 Å². The minimum atomic E-state index is -0.656. The van der Waals surface area contributed by atoms with Gasteiger partial charge >= 0.3 is 5.97 Å². The Morgan fingerprint density at radius 1 is 1.03 bits per heavy atom. The summed E-state index contributed by atoms with van der Waals surface area (Å²) < 4.78 is 23.8. The maximum Gasteiger partial charge on any atom is 0.343 e. The van der Waals surface area contributed by atoms with E-state index in [2.05, 4.69) is 10.5 Å². The quantitative estimate of drug-likeness (QED) is 0.280. The van der Waals surface area contributed by atoms with Crippen LogP contribution in [0.3, 0.4) is 0 Å². The second-order valence-corrected chi connectivity index (χ2v) is 6.32. The predicted molar refractivity (Wildman–Crippen MR) is 110 cm³/mol. The Labute approximate surface area is 173 Å². The molecule has 0 radical (unpaired) electrons. The van der Waals surface area contributed by atoms with Crippen LogP contribution in [0.1, 0.15) is 21.5 Å². The van der Waals surface area contributed by atoms with Crippen LogP contribution in [0.25, 0.3) is 0 Å². The molecule has 0 spiro atoms. The average Bonchev–Trinajstić information content (AvgIpc) is 2.74. The van der Waals surface area contributed by atoms with Gasteiger partial charge in [-0.3, -0.25) is 4.79 Å². The molecule has 0 atom stereocenters. The van der Waals surface area contributed by atoms with E-state index in [1.54, 1.807) is 30.3 Å². The van der Waals surface area contributed by atoms with Crippen molar-refractivity contribution in [3.63, 3.8) is 0 Å². The fourth-order valence-corrected chi connectivity index (χ4v) is 2.48. The molecule has 0 aliphatic rings. The molecule has 3 rings (SSSR count). The normalized spacial score (nSPS) is 10.6. The van der Waals surface area contributed by atoms with Crippen molar-refractivity contribution in [1.82, 2.24) is 5.43 Å². The summed E-state index contributed by atoms with van der Waals surface area (Å²) in [5.41, 5.74) is 4.12. The third kappa shape index (κ3) is 6.00. The zero-order valence-corrected chi connectivity index (χ0v) is 16.2. The molecule has 1 N–H and O–H groups in total. The number of carbonyl (C=O) groups excluding carboxylic acids is 2. The molecule has 0 fully saturated rings. The lowest BCUT2D eigenvalue weighted by atomic mass is 10.2. The van der Waals surface area contributed by atoms with Crippen LogP contribution in [-0.2, 0) is 4.79 Å². The number of rotatable bonds is 7. The van der Waals surface area contributed by atoms with Gasteiger partial charge in [0.25, 0.3) is 5.91 Å².